The molecule has 0 bridgehead atoms. The van der Waals surface area contributed by atoms with E-state index < -0.39 is 0 Å². The molecule has 1 N–H and O–H groups in total. The first-order valence-corrected chi connectivity index (χ1v) is 10.9. The summed E-state index contributed by atoms with van der Waals surface area (Å²) >= 11 is 0. The fourth-order valence-electron chi connectivity index (χ4n) is 4.06. The van der Waals surface area contributed by atoms with Crippen molar-refractivity contribution in [3.63, 3.8) is 0 Å². The van der Waals surface area contributed by atoms with Crippen LogP contribution < -0.4 is 5.32 Å². The van der Waals surface area contributed by atoms with Gasteiger partial charge in [-0.2, -0.15) is 0 Å². The molecule has 160 valence electrons. The molecular formula is C26H29N3O2. The van der Waals surface area contributed by atoms with E-state index in [2.05, 4.69) is 41.4 Å². The quantitative estimate of drug-likeness (QED) is 0.669. The minimum atomic E-state index is -0.137. The zero-order valence-electron chi connectivity index (χ0n) is 18.0. The van der Waals surface area contributed by atoms with E-state index in [1.165, 1.54) is 11.1 Å². The summed E-state index contributed by atoms with van der Waals surface area (Å²) in [6.45, 7) is 6.66. The molecule has 5 nitrogen and oxygen atoms in total. The lowest BCUT2D eigenvalue weighted by Gasteiger charge is -2.35. The van der Waals surface area contributed by atoms with Crippen molar-refractivity contribution in [1.29, 1.82) is 0 Å². The summed E-state index contributed by atoms with van der Waals surface area (Å²) in [5.41, 5.74) is 3.28. The topological polar surface area (TPSA) is 52.6 Å². The van der Waals surface area contributed by atoms with Crippen LogP contribution in [0.25, 0.3) is 10.8 Å². The summed E-state index contributed by atoms with van der Waals surface area (Å²) in [5.74, 6) is -0.0315. The number of nitrogens with zero attached hydrogens (tertiary/aromatic N) is 2. The van der Waals surface area contributed by atoms with E-state index in [-0.39, 0.29) is 11.8 Å². The average Bonchev–Trinajstić information content (AvgIpc) is 2.80. The van der Waals surface area contributed by atoms with Gasteiger partial charge in [-0.15, -0.1) is 0 Å². The molecule has 1 heterocycles. The molecule has 31 heavy (non-hydrogen) atoms. The molecule has 4 rings (SSSR count). The number of benzene rings is 3. The zero-order valence-corrected chi connectivity index (χ0v) is 18.0. The molecular weight excluding hydrogens is 386 g/mol. The fraction of sp³-hybridized carbons (Fsp3) is 0.308. The zero-order chi connectivity index (χ0) is 21.6. The van der Waals surface area contributed by atoms with Crippen LogP contribution in [0.15, 0.2) is 66.7 Å². The van der Waals surface area contributed by atoms with Gasteiger partial charge in [-0.1, -0.05) is 54.6 Å². The third-order valence-corrected chi connectivity index (χ3v) is 6.02. The summed E-state index contributed by atoms with van der Waals surface area (Å²) in [4.78, 5) is 29.3. The van der Waals surface area contributed by atoms with Gasteiger partial charge in [-0.3, -0.25) is 14.5 Å². The third kappa shape index (κ3) is 5.30. The van der Waals surface area contributed by atoms with Crippen molar-refractivity contribution in [1.82, 2.24) is 15.1 Å². The summed E-state index contributed by atoms with van der Waals surface area (Å²) in [6.07, 6.45) is 0.330. The lowest BCUT2D eigenvalue weighted by Crippen LogP contribution is -2.48. The first-order chi connectivity index (χ1) is 15.1. The molecule has 1 saturated heterocycles. The fourth-order valence-corrected chi connectivity index (χ4v) is 4.06. The number of aryl methyl sites for hydroxylation is 1. The maximum absolute atomic E-state index is 12.6. The highest BCUT2D eigenvalue weighted by molar-refractivity contribution is 5.98. The predicted octanol–water partition coefficient (Wildman–Crippen LogP) is 3.61. The van der Waals surface area contributed by atoms with Crippen LogP contribution in [0, 0.1) is 6.92 Å². The molecule has 1 aliphatic rings. The van der Waals surface area contributed by atoms with Crippen LogP contribution >= 0.6 is 0 Å². The Morgan fingerprint density at radius 2 is 1.58 bits per heavy atom. The first kappa shape index (κ1) is 21.1. The number of hydrogen-bond acceptors (Lipinski definition) is 3. The van der Waals surface area contributed by atoms with Gasteiger partial charge < -0.3 is 10.2 Å². The average molecular weight is 416 g/mol. The number of carbonyl (C=O) groups excluding carboxylic acids is 2. The molecule has 0 atom stereocenters. The standard InChI is InChI=1S/C26H29N3O2/c1-20-6-2-3-9-24(20)19-28-14-16-29(17-15-28)25(30)12-13-27-26(31)23-11-10-21-7-4-5-8-22(21)18-23/h2-11,18H,12-17,19H2,1H3,(H,27,31). The Morgan fingerprint density at radius 3 is 2.35 bits per heavy atom. The van der Waals surface area contributed by atoms with Gasteiger partial charge in [0, 0.05) is 51.3 Å². The van der Waals surface area contributed by atoms with E-state index in [4.69, 9.17) is 0 Å². The maximum atomic E-state index is 12.6. The van der Waals surface area contributed by atoms with E-state index >= 15 is 0 Å². The van der Waals surface area contributed by atoms with Gasteiger partial charge >= 0.3 is 0 Å². The van der Waals surface area contributed by atoms with Crippen molar-refractivity contribution < 1.29 is 9.59 Å². The van der Waals surface area contributed by atoms with Crippen molar-refractivity contribution in [3.05, 3.63) is 83.4 Å². The monoisotopic (exact) mass is 415 g/mol. The van der Waals surface area contributed by atoms with E-state index in [1.807, 2.05) is 47.4 Å². The number of carbonyl (C=O) groups is 2. The maximum Gasteiger partial charge on any atom is 0.251 e. The van der Waals surface area contributed by atoms with E-state index in [9.17, 15) is 9.59 Å². The van der Waals surface area contributed by atoms with Crippen molar-refractivity contribution in [2.45, 2.75) is 19.9 Å². The van der Waals surface area contributed by atoms with Crippen LogP contribution in [-0.2, 0) is 11.3 Å². The Hall–Kier alpha value is -3.18. The van der Waals surface area contributed by atoms with Crippen LogP contribution in [0.5, 0.6) is 0 Å². The van der Waals surface area contributed by atoms with Gasteiger partial charge in [-0.05, 0) is 41.0 Å². The molecule has 1 fully saturated rings. The number of rotatable bonds is 6. The largest absolute Gasteiger partial charge is 0.352 e. The van der Waals surface area contributed by atoms with Crippen LogP contribution in [-0.4, -0.2) is 54.3 Å². The highest BCUT2D eigenvalue weighted by Gasteiger charge is 2.21. The SMILES string of the molecule is Cc1ccccc1CN1CCN(C(=O)CCNC(=O)c2ccc3ccccc3c2)CC1. The highest BCUT2D eigenvalue weighted by atomic mass is 16.2. The molecule has 0 aromatic heterocycles. The second-order valence-electron chi connectivity index (χ2n) is 8.15. The Labute approximate surface area is 183 Å². The van der Waals surface area contributed by atoms with E-state index in [0.29, 0.717) is 18.5 Å². The van der Waals surface area contributed by atoms with Crippen LogP contribution in [0.2, 0.25) is 0 Å². The van der Waals surface area contributed by atoms with Gasteiger partial charge in [0.25, 0.3) is 5.91 Å². The van der Waals surface area contributed by atoms with Gasteiger partial charge in [0.1, 0.15) is 0 Å². The third-order valence-electron chi connectivity index (χ3n) is 6.02. The summed E-state index contributed by atoms with van der Waals surface area (Å²) in [6, 6.07) is 22.1. The molecule has 0 saturated carbocycles. The van der Waals surface area contributed by atoms with E-state index in [1.54, 1.807) is 0 Å². The van der Waals surface area contributed by atoms with Gasteiger partial charge in [0.05, 0.1) is 0 Å². The molecule has 0 unspecified atom stereocenters. The Balaban J connectivity index is 1.21. The van der Waals surface area contributed by atoms with Crippen LogP contribution in [0.1, 0.15) is 27.9 Å². The highest BCUT2D eigenvalue weighted by Crippen LogP contribution is 2.16. The minimum Gasteiger partial charge on any atom is -0.352 e. The number of nitrogens with one attached hydrogen (secondary N) is 1. The summed E-state index contributed by atoms with van der Waals surface area (Å²) in [5, 5.41) is 5.03. The molecule has 0 spiro atoms. The Bertz CT molecular complexity index is 1070. The molecule has 5 heteroatoms. The normalized spacial score (nSPS) is 14.5. The lowest BCUT2D eigenvalue weighted by atomic mass is 10.1. The Kier molecular flexibility index (Phi) is 6.63. The van der Waals surface area contributed by atoms with Crippen LogP contribution in [0.3, 0.4) is 0 Å². The van der Waals surface area contributed by atoms with Crippen molar-refractivity contribution in [2.75, 3.05) is 32.7 Å². The minimum absolute atomic E-state index is 0.106. The molecule has 3 aromatic carbocycles. The second kappa shape index (κ2) is 9.75. The summed E-state index contributed by atoms with van der Waals surface area (Å²) < 4.78 is 0. The number of piperazine rings is 1. The summed E-state index contributed by atoms with van der Waals surface area (Å²) in [7, 11) is 0. The molecule has 1 aliphatic heterocycles. The van der Waals surface area contributed by atoms with Gasteiger partial charge in [-0.25, -0.2) is 0 Å². The van der Waals surface area contributed by atoms with Crippen LogP contribution in [0.4, 0.5) is 0 Å². The molecule has 3 aromatic rings. The first-order valence-electron chi connectivity index (χ1n) is 10.9. The van der Waals surface area contributed by atoms with Gasteiger partial charge in [0.15, 0.2) is 0 Å². The predicted molar refractivity (Wildman–Crippen MR) is 124 cm³/mol. The smallest absolute Gasteiger partial charge is 0.251 e. The Morgan fingerprint density at radius 1 is 0.871 bits per heavy atom. The molecule has 2 amide bonds. The second-order valence-corrected chi connectivity index (χ2v) is 8.15. The van der Waals surface area contributed by atoms with E-state index in [0.717, 1.165) is 43.5 Å². The molecule has 0 radical (unpaired) electrons. The van der Waals surface area contributed by atoms with Crippen molar-refractivity contribution >= 4 is 22.6 Å². The molecule has 0 aliphatic carbocycles. The lowest BCUT2D eigenvalue weighted by molar-refractivity contribution is -0.132. The number of amides is 2. The number of fused-ring (bicyclic) bond motifs is 1. The van der Waals surface area contributed by atoms with Crippen molar-refractivity contribution in [3.8, 4) is 0 Å². The van der Waals surface area contributed by atoms with Crippen molar-refractivity contribution in [2.24, 2.45) is 0 Å². The van der Waals surface area contributed by atoms with Gasteiger partial charge in [0.2, 0.25) is 5.91 Å². The number of hydrogen-bond donors (Lipinski definition) is 1.